The summed E-state index contributed by atoms with van der Waals surface area (Å²) in [6.45, 7) is 10.7. The SMILES string of the molecule is Cc1noc(C)c1CC(=O)N1CC[C@H](Cc2nc3cccnc3n2CC(C)C)C1. The third kappa shape index (κ3) is 4.04. The smallest absolute Gasteiger partial charge is 0.227 e. The van der Waals surface area contributed by atoms with Crippen molar-refractivity contribution in [1.29, 1.82) is 0 Å². The van der Waals surface area contributed by atoms with Crippen molar-refractivity contribution >= 4 is 17.1 Å². The summed E-state index contributed by atoms with van der Waals surface area (Å²) < 4.78 is 7.45. The maximum atomic E-state index is 12.8. The van der Waals surface area contributed by atoms with Gasteiger partial charge in [0.2, 0.25) is 5.91 Å². The van der Waals surface area contributed by atoms with Crippen LogP contribution in [-0.4, -0.2) is 43.6 Å². The number of fused-ring (bicyclic) bond motifs is 1. The Balaban J connectivity index is 1.46. The fraction of sp³-hybridized carbons (Fsp3) is 0.545. The van der Waals surface area contributed by atoms with Gasteiger partial charge in [0.15, 0.2) is 5.65 Å². The fourth-order valence-electron chi connectivity index (χ4n) is 4.22. The Morgan fingerprint density at radius 1 is 1.34 bits per heavy atom. The minimum atomic E-state index is 0.152. The van der Waals surface area contributed by atoms with Crippen molar-refractivity contribution in [2.24, 2.45) is 11.8 Å². The van der Waals surface area contributed by atoms with E-state index < -0.39 is 0 Å². The lowest BCUT2D eigenvalue weighted by molar-refractivity contribution is -0.129. The Kier molecular flexibility index (Phi) is 5.39. The molecule has 3 aromatic heterocycles. The van der Waals surface area contributed by atoms with Crippen LogP contribution >= 0.6 is 0 Å². The van der Waals surface area contributed by atoms with Crippen LogP contribution in [0.2, 0.25) is 0 Å². The second-order valence-electron chi connectivity index (χ2n) is 8.56. The van der Waals surface area contributed by atoms with Gasteiger partial charge in [0, 0.05) is 37.8 Å². The minimum absolute atomic E-state index is 0.152. The second-order valence-corrected chi connectivity index (χ2v) is 8.56. The van der Waals surface area contributed by atoms with Crippen LogP contribution in [0.25, 0.3) is 11.2 Å². The number of carbonyl (C=O) groups excluding carboxylic acids is 1. The highest BCUT2D eigenvalue weighted by atomic mass is 16.5. The first-order valence-electron chi connectivity index (χ1n) is 10.4. The van der Waals surface area contributed by atoms with E-state index >= 15 is 0 Å². The third-order valence-electron chi connectivity index (χ3n) is 5.75. The zero-order valence-electron chi connectivity index (χ0n) is 17.7. The molecule has 154 valence electrons. The van der Waals surface area contributed by atoms with Gasteiger partial charge in [-0.1, -0.05) is 19.0 Å². The number of amides is 1. The van der Waals surface area contributed by atoms with E-state index in [2.05, 4.69) is 28.6 Å². The molecule has 7 nitrogen and oxygen atoms in total. The van der Waals surface area contributed by atoms with Crippen molar-refractivity contribution in [1.82, 2.24) is 24.6 Å². The molecule has 0 radical (unpaired) electrons. The van der Waals surface area contributed by atoms with E-state index in [9.17, 15) is 4.79 Å². The Morgan fingerprint density at radius 3 is 2.90 bits per heavy atom. The van der Waals surface area contributed by atoms with E-state index in [1.165, 1.54) is 0 Å². The molecule has 1 saturated heterocycles. The number of aryl methyl sites for hydroxylation is 2. The van der Waals surface area contributed by atoms with Crippen LogP contribution < -0.4 is 0 Å². The van der Waals surface area contributed by atoms with Crippen LogP contribution in [0.1, 0.15) is 43.1 Å². The molecule has 0 N–H and O–H groups in total. The summed E-state index contributed by atoms with van der Waals surface area (Å²) in [5.74, 6) is 2.91. The van der Waals surface area contributed by atoms with E-state index in [4.69, 9.17) is 9.51 Å². The van der Waals surface area contributed by atoms with E-state index in [1.807, 2.05) is 37.1 Å². The van der Waals surface area contributed by atoms with Gasteiger partial charge < -0.3 is 14.0 Å². The predicted octanol–water partition coefficient (Wildman–Crippen LogP) is 3.33. The van der Waals surface area contributed by atoms with Crippen LogP contribution in [-0.2, 0) is 24.2 Å². The van der Waals surface area contributed by atoms with Gasteiger partial charge in [-0.2, -0.15) is 0 Å². The molecule has 1 fully saturated rings. The number of rotatable bonds is 6. The van der Waals surface area contributed by atoms with Crippen molar-refractivity contribution in [2.45, 2.75) is 53.5 Å². The lowest BCUT2D eigenvalue weighted by atomic mass is 10.0. The molecular weight excluding hydrogens is 366 g/mol. The number of aromatic nitrogens is 4. The monoisotopic (exact) mass is 395 g/mol. The molecule has 3 aromatic rings. The number of nitrogens with zero attached hydrogens (tertiary/aromatic N) is 5. The molecule has 0 bridgehead atoms. The molecule has 0 aliphatic carbocycles. The first-order chi connectivity index (χ1) is 13.9. The maximum absolute atomic E-state index is 12.8. The summed E-state index contributed by atoms with van der Waals surface area (Å²) in [6, 6.07) is 3.96. The van der Waals surface area contributed by atoms with Crippen molar-refractivity contribution in [2.75, 3.05) is 13.1 Å². The molecule has 1 aliphatic rings. The summed E-state index contributed by atoms with van der Waals surface area (Å²) in [4.78, 5) is 24.2. The largest absolute Gasteiger partial charge is 0.361 e. The molecule has 29 heavy (non-hydrogen) atoms. The van der Waals surface area contributed by atoms with Crippen LogP contribution in [0.4, 0.5) is 0 Å². The molecule has 1 amide bonds. The molecule has 0 unspecified atom stereocenters. The average molecular weight is 396 g/mol. The Morgan fingerprint density at radius 2 is 2.17 bits per heavy atom. The van der Waals surface area contributed by atoms with Gasteiger partial charge in [0.25, 0.3) is 0 Å². The van der Waals surface area contributed by atoms with Crippen molar-refractivity contribution in [3.8, 4) is 0 Å². The summed E-state index contributed by atoms with van der Waals surface area (Å²) in [6.07, 6.45) is 4.07. The maximum Gasteiger partial charge on any atom is 0.227 e. The van der Waals surface area contributed by atoms with Crippen LogP contribution in [0.3, 0.4) is 0 Å². The van der Waals surface area contributed by atoms with Crippen LogP contribution in [0.5, 0.6) is 0 Å². The number of hydrogen-bond acceptors (Lipinski definition) is 5. The number of imidazole rings is 1. The Labute approximate surface area is 171 Å². The zero-order valence-corrected chi connectivity index (χ0v) is 17.7. The van der Waals surface area contributed by atoms with E-state index in [0.717, 1.165) is 66.5 Å². The summed E-state index contributed by atoms with van der Waals surface area (Å²) in [5, 5.41) is 3.96. The van der Waals surface area contributed by atoms with Crippen LogP contribution in [0.15, 0.2) is 22.9 Å². The summed E-state index contributed by atoms with van der Waals surface area (Å²) >= 11 is 0. The highest BCUT2D eigenvalue weighted by Gasteiger charge is 2.29. The fourth-order valence-corrected chi connectivity index (χ4v) is 4.22. The molecule has 1 atom stereocenters. The highest BCUT2D eigenvalue weighted by Crippen LogP contribution is 2.25. The van der Waals surface area contributed by atoms with E-state index in [0.29, 0.717) is 18.3 Å². The predicted molar refractivity (Wildman–Crippen MR) is 110 cm³/mol. The molecule has 0 aromatic carbocycles. The van der Waals surface area contributed by atoms with Gasteiger partial charge in [0.1, 0.15) is 17.1 Å². The first kappa shape index (κ1) is 19.6. The lowest BCUT2D eigenvalue weighted by Crippen LogP contribution is -2.30. The lowest BCUT2D eigenvalue weighted by Gasteiger charge is -2.17. The molecule has 1 aliphatic heterocycles. The zero-order chi connectivity index (χ0) is 20.5. The molecule has 0 spiro atoms. The molecule has 0 saturated carbocycles. The van der Waals surface area contributed by atoms with Gasteiger partial charge >= 0.3 is 0 Å². The molecule has 4 heterocycles. The third-order valence-corrected chi connectivity index (χ3v) is 5.75. The highest BCUT2D eigenvalue weighted by molar-refractivity contribution is 5.79. The van der Waals surface area contributed by atoms with Gasteiger partial charge in [-0.05, 0) is 44.2 Å². The summed E-state index contributed by atoms with van der Waals surface area (Å²) in [5.41, 5.74) is 3.64. The standard InChI is InChI=1S/C22H29N5O2/c1-14(2)12-27-20(24-19-6-5-8-23-22(19)27)10-17-7-9-26(13-17)21(28)11-18-15(3)25-29-16(18)4/h5-6,8,14,17H,7,9-13H2,1-4H3/t17-/m1/s1. The minimum Gasteiger partial charge on any atom is -0.361 e. The quantitative estimate of drug-likeness (QED) is 0.640. The van der Waals surface area contributed by atoms with Crippen molar-refractivity contribution < 1.29 is 9.32 Å². The van der Waals surface area contributed by atoms with Crippen LogP contribution in [0, 0.1) is 25.7 Å². The van der Waals surface area contributed by atoms with E-state index in [-0.39, 0.29) is 5.91 Å². The number of hydrogen-bond donors (Lipinski definition) is 0. The Bertz CT molecular complexity index is 1000. The number of likely N-dealkylation sites (tertiary alicyclic amines) is 1. The van der Waals surface area contributed by atoms with Crippen molar-refractivity contribution in [3.05, 3.63) is 41.2 Å². The summed E-state index contributed by atoms with van der Waals surface area (Å²) in [7, 11) is 0. The van der Waals surface area contributed by atoms with Gasteiger partial charge in [0.05, 0.1) is 12.1 Å². The topological polar surface area (TPSA) is 77.1 Å². The van der Waals surface area contributed by atoms with Gasteiger partial charge in [-0.25, -0.2) is 9.97 Å². The normalized spacial score (nSPS) is 17.0. The van der Waals surface area contributed by atoms with Crippen molar-refractivity contribution in [3.63, 3.8) is 0 Å². The van der Waals surface area contributed by atoms with Gasteiger partial charge in [-0.15, -0.1) is 0 Å². The first-order valence-corrected chi connectivity index (χ1v) is 10.4. The molecule has 4 rings (SSSR count). The number of carbonyl (C=O) groups is 1. The number of pyridine rings is 1. The molecular formula is C22H29N5O2. The van der Waals surface area contributed by atoms with E-state index in [1.54, 1.807) is 0 Å². The second kappa shape index (κ2) is 7.97. The average Bonchev–Trinajstić information content (AvgIpc) is 3.37. The molecule has 7 heteroatoms. The van der Waals surface area contributed by atoms with Gasteiger partial charge in [-0.3, -0.25) is 4.79 Å². The Hall–Kier alpha value is -2.70.